The van der Waals surface area contributed by atoms with E-state index >= 15 is 0 Å². The third kappa shape index (κ3) is 2.58. The highest BCUT2D eigenvalue weighted by atomic mass is 16.5. The Balaban J connectivity index is 1.90. The Kier molecular flexibility index (Phi) is 3.65. The van der Waals surface area contributed by atoms with Crippen molar-refractivity contribution >= 4 is 17.1 Å². The zero-order chi connectivity index (χ0) is 15.5. The second-order valence-electron chi connectivity index (χ2n) is 4.62. The summed E-state index contributed by atoms with van der Waals surface area (Å²) < 4.78 is 12.1. The lowest BCUT2D eigenvalue weighted by Crippen LogP contribution is -2.13. The predicted octanol–water partition coefficient (Wildman–Crippen LogP) is 2.60. The molecule has 0 bridgehead atoms. The van der Waals surface area contributed by atoms with Gasteiger partial charge in [-0.1, -0.05) is 6.07 Å². The van der Waals surface area contributed by atoms with Crippen LogP contribution >= 0.6 is 0 Å². The number of rotatable bonds is 4. The molecule has 2 aromatic heterocycles. The average molecular weight is 297 g/mol. The molecule has 0 unspecified atom stereocenters. The number of amides is 1. The molecule has 3 rings (SSSR count). The van der Waals surface area contributed by atoms with Gasteiger partial charge in [0.05, 0.1) is 25.4 Å². The van der Waals surface area contributed by atoms with Gasteiger partial charge in [-0.25, -0.2) is 4.52 Å². The summed E-state index contributed by atoms with van der Waals surface area (Å²) in [5.74, 6) is 0.874. The Morgan fingerprint density at radius 1 is 1.14 bits per heavy atom. The van der Waals surface area contributed by atoms with E-state index in [9.17, 15) is 4.79 Å². The summed E-state index contributed by atoms with van der Waals surface area (Å²) in [6.45, 7) is 0. The molecule has 1 aromatic carbocycles. The van der Waals surface area contributed by atoms with Gasteiger partial charge in [0, 0.05) is 12.3 Å². The fourth-order valence-corrected chi connectivity index (χ4v) is 2.15. The molecule has 0 saturated carbocycles. The number of fused-ring (bicyclic) bond motifs is 1. The van der Waals surface area contributed by atoms with E-state index in [1.807, 2.05) is 18.2 Å². The van der Waals surface area contributed by atoms with Gasteiger partial charge in [0.15, 0.2) is 5.69 Å². The van der Waals surface area contributed by atoms with E-state index < -0.39 is 0 Å². The largest absolute Gasteiger partial charge is 0.497 e. The maximum Gasteiger partial charge on any atom is 0.276 e. The van der Waals surface area contributed by atoms with Crippen LogP contribution in [0.4, 0.5) is 5.69 Å². The van der Waals surface area contributed by atoms with E-state index in [1.54, 1.807) is 49.2 Å². The lowest BCUT2D eigenvalue weighted by Gasteiger charge is -2.10. The Bertz CT molecular complexity index is 793. The number of methoxy groups -OCH3 is 2. The number of carbonyl (C=O) groups excluding carboxylic acids is 1. The van der Waals surface area contributed by atoms with Crippen molar-refractivity contribution in [2.24, 2.45) is 0 Å². The molecule has 0 fully saturated rings. The third-order valence-corrected chi connectivity index (χ3v) is 3.26. The first-order chi connectivity index (χ1) is 10.7. The van der Waals surface area contributed by atoms with Crippen molar-refractivity contribution in [3.8, 4) is 11.5 Å². The van der Waals surface area contributed by atoms with Gasteiger partial charge in [0.2, 0.25) is 0 Å². The molecule has 0 atom stereocenters. The second-order valence-corrected chi connectivity index (χ2v) is 4.62. The van der Waals surface area contributed by atoms with Crippen LogP contribution in [0.2, 0.25) is 0 Å². The van der Waals surface area contributed by atoms with Gasteiger partial charge >= 0.3 is 0 Å². The minimum atomic E-state index is -0.310. The van der Waals surface area contributed by atoms with Gasteiger partial charge in [-0.2, -0.15) is 5.10 Å². The van der Waals surface area contributed by atoms with Crippen molar-refractivity contribution in [1.82, 2.24) is 9.61 Å². The number of ether oxygens (including phenoxy) is 2. The van der Waals surface area contributed by atoms with Crippen LogP contribution < -0.4 is 14.8 Å². The maximum absolute atomic E-state index is 12.4. The quantitative estimate of drug-likeness (QED) is 0.804. The maximum atomic E-state index is 12.4. The van der Waals surface area contributed by atoms with Gasteiger partial charge in [-0.3, -0.25) is 4.79 Å². The number of aromatic nitrogens is 2. The van der Waals surface area contributed by atoms with Crippen LogP contribution in [-0.2, 0) is 0 Å². The predicted molar refractivity (Wildman–Crippen MR) is 82.7 cm³/mol. The lowest BCUT2D eigenvalue weighted by atomic mass is 10.2. The number of benzene rings is 1. The van der Waals surface area contributed by atoms with Gasteiger partial charge in [-0.05, 0) is 30.3 Å². The summed E-state index contributed by atoms with van der Waals surface area (Å²) in [4.78, 5) is 12.4. The summed E-state index contributed by atoms with van der Waals surface area (Å²) in [6.07, 6.45) is 1.79. The summed E-state index contributed by atoms with van der Waals surface area (Å²) in [6, 6.07) is 12.6. The molecule has 22 heavy (non-hydrogen) atoms. The van der Waals surface area contributed by atoms with Crippen LogP contribution in [0.1, 0.15) is 10.5 Å². The van der Waals surface area contributed by atoms with Crippen molar-refractivity contribution in [2.45, 2.75) is 0 Å². The van der Waals surface area contributed by atoms with E-state index in [-0.39, 0.29) is 5.91 Å². The SMILES string of the molecule is COc1ccc(OC)c(NC(=O)c2cc3ccccn3n2)c1. The Morgan fingerprint density at radius 3 is 2.73 bits per heavy atom. The van der Waals surface area contributed by atoms with E-state index in [0.717, 1.165) is 5.52 Å². The van der Waals surface area contributed by atoms with Crippen molar-refractivity contribution in [2.75, 3.05) is 19.5 Å². The molecular formula is C16H15N3O3. The van der Waals surface area contributed by atoms with Crippen LogP contribution in [0.5, 0.6) is 11.5 Å². The molecule has 0 aliphatic rings. The van der Waals surface area contributed by atoms with E-state index in [1.165, 1.54) is 0 Å². The first-order valence-corrected chi connectivity index (χ1v) is 6.69. The highest BCUT2D eigenvalue weighted by molar-refractivity contribution is 6.04. The fourth-order valence-electron chi connectivity index (χ4n) is 2.15. The standard InChI is InChI=1S/C16H15N3O3/c1-21-12-6-7-15(22-2)13(10-12)17-16(20)14-9-11-5-3-4-8-19(11)18-14/h3-10H,1-2H3,(H,17,20). The van der Waals surface area contributed by atoms with Crippen LogP contribution in [0.25, 0.3) is 5.52 Å². The molecule has 0 radical (unpaired) electrons. The van der Waals surface area contributed by atoms with E-state index in [0.29, 0.717) is 22.9 Å². The molecule has 2 heterocycles. The molecule has 112 valence electrons. The minimum Gasteiger partial charge on any atom is -0.497 e. The zero-order valence-corrected chi connectivity index (χ0v) is 12.2. The first kappa shape index (κ1) is 13.9. The van der Waals surface area contributed by atoms with Gasteiger partial charge in [0.25, 0.3) is 5.91 Å². The average Bonchev–Trinajstić information content (AvgIpc) is 2.99. The fraction of sp³-hybridized carbons (Fsp3) is 0.125. The number of carbonyl (C=O) groups is 1. The molecule has 1 N–H and O–H groups in total. The van der Waals surface area contributed by atoms with E-state index in [4.69, 9.17) is 9.47 Å². The summed E-state index contributed by atoms with van der Waals surface area (Å²) in [7, 11) is 3.11. The van der Waals surface area contributed by atoms with Crippen molar-refractivity contribution < 1.29 is 14.3 Å². The lowest BCUT2D eigenvalue weighted by molar-refractivity contribution is 0.102. The highest BCUT2D eigenvalue weighted by Gasteiger charge is 2.14. The monoisotopic (exact) mass is 297 g/mol. The van der Waals surface area contributed by atoms with Gasteiger partial charge in [0.1, 0.15) is 11.5 Å². The first-order valence-electron chi connectivity index (χ1n) is 6.69. The number of hydrogen-bond acceptors (Lipinski definition) is 4. The summed E-state index contributed by atoms with van der Waals surface area (Å²) in [5.41, 5.74) is 1.71. The smallest absolute Gasteiger partial charge is 0.276 e. The number of nitrogens with one attached hydrogen (secondary N) is 1. The van der Waals surface area contributed by atoms with Crippen molar-refractivity contribution in [3.63, 3.8) is 0 Å². The number of anilines is 1. The Labute approximate surface area is 127 Å². The molecule has 0 aliphatic carbocycles. The van der Waals surface area contributed by atoms with Crippen LogP contribution in [0.15, 0.2) is 48.7 Å². The van der Waals surface area contributed by atoms with E-state index in [2.05, 4.69) is 10.4 Å². The molecule has 0 spiro atoms. The molecule has 1 amide bonds. The van der Waals surface area contributed by atoms with Crippen LogP contribution in [0.3, 0.4) is 0 Å². The minimum absolute atomic E-state index is 0.310. The molecule has 6 nitrogen and oxygen atoms in total. The number of nitrogens with zero attached hydrogens (tertiary/aromatic N) is 2. The number of pyridine rings is 1. The molecule has 6 heteroatoms. The van der Waals surface area contributed by atoms with Gasteiger partial charge < -0.3 is 14.8 Å². The zero-order valence-electron chi connectivity index (χ0n) is 12.2. The highest BCUT2D eigenvalue weighted by Crippen LogP contribution is 2.29. The Hall–Kier alpha value is -3.02. The summed E-state index contributed by atoms with van der Waals surface area (Å²) in [5, 5.41) is 7.03. The van der Waals surface area contributed by atoms with Gasteiger partial charge in [-0.15, -0.1) is 0 Å². The summed E-state index contributed by atoms with van der Waals surface area (Å²) >= 11 is 0. The topological polar surface area (TPSA) is 64.9 Å². The third-order valence-electron chi connectivity index (χ3n) is 3.26. The number of hydrogen-bond donors (Lipinski definition) is 1. The van der Waals surface area contributed by atoms with Crippen molar-refractivity contribution in [3.05, 3.63) is 54.4 Å². The molecule has 3 aromatic rings. The Morgan fingerprint density at radius 2 is 2.00 bits per heavy atom. The normalized spacial score (nSPS) is 10.5. The van der Waals surface area contributed by atoms with Crippen LogP contribution in [0, 0.1) is 0 Å². The molecule has 0 aliphatic heterocycles. The second kappa shape index (κ2) is 5.77. The van der Waals surface area contributed by atoms with Crippen molar-refractivity contribution in [1.29, 1.82) is 0 Å². The molecule has 0 saturated heterocycles. The van der Waals surface area contributed by atoms with Crippen LogP contribution in [-0.4, -0.2) is 29.7 Å². The molecular weight excluding hydrogens is 282 g/mol.